The smallest absolute Gasteiger partial charge is 0.0152 e. The maximum Gasteiger partial charge on any atom is 0.0152 e. The lowest BCUT2D eigenvalue weighted by Gasteiger charge is -2.44. The number of hydrogen-bond acceptors (Lipinski definition) is 1. The molecule has 0 aromatic heterocycles. The molecule has 12 heavy (non-hydrogen) atoms. The summed E-state index contributed by atoms with van der Waals surface area (Å²) in [7, 11) is 0. The topological polar surface area (TPSA) is 3.24 Å². The van der Waals surface area contributed by atoms with Gasteiger partial charge in [0.15, 0.2) is 0 Å². The van der Waals surface area contributed by atoms with Crippen molar-refractivity contribution in [3.63, 3.8) is 0 Å². The molecule has 1 nitrogen and oxygen atoms in total. The van der Waals surface area contributed by atoms with E-state index < -0.39 is 0 Å². The second kappa shape index (κ2) is 2.73. The molecule has 0 radical (unpaired) electrons. The SMILES string of the molecule is C1C[C@@H]2CC[C@@H]3CCCN(C1)C23. The number of nitrogens with zero attached hydrogens (tertiary/aromatic N) is 1. The van der Waals surface area contributed by atoms with Crippen LogP contribution in [-0.2, 0) is 0 Å². The molecule has 2 heterocycles. The van der Waals surface area contributed by atoms with Crippen LogP contribution in [0, 0.1) is 11.8 Å². The maximum absolute atomic E-state index is 2.80. The molecule has 0 bridgehead atoms. The zero-order valence-corrected chi connectivity index (χ0v) is 7.84. The van der Waals surface area contributed by atoms with Gasteiger partial charge in [-0.2, -0.15) is 0 Å². The van der Waals surface area contributed by atoms with Crippen molar-refractivity contribution in [2.45, 2.75) is 44.6 Å². The van der Waals surface area contributed by atoms with Crippen LogP contribution in [0.2, 0.25) is 0 Å². The molecule has 2 saturated heterocycles. The molecule has 0 amide bonds. The van der Waals surface area contributed by atoms with Gasteiger partial charge in [-0.1, -0.05) is 0 Å². The maximum atomic E-state index is 2.80. The lowest BCUT2D eigenvalue weighted by Crippen LogP contribution is -2.49. The van der Waals surface area contributed by atoms with E-state index in [4.69, 9.17) is 0 Å². The van der Waals surface area contributed by atoms with Gasteiger partial charge in [-0.05, 0) is 63.5 Å². The van der Waals surface area contributed by atoms with Gasteiger partial charge in [0, 0.05) is 6.04 Å². The van der Waals surface area contributed by atoms with Gasteiger partial charge in [0.25, 0.3) is 0 Å². The first kappa shape index (κ1) is 7.37. The Kier molecular flexibility index (Phi) is 1.68. The minimum Gasteiger partial charge on any atom is -0.300 e. The normalized spacial score (nSPS) is 47.5. The van der Waals surface area contributed by atoms with Gasteiger partial charge in [0.1, 0.15) is 0 Å². The molecule has 3 fully saturated rings. The van der Waals surface area contributed by atoms with Crippen molar-refractivity contribution in [1.29, 1.82) is 0 Å². The minimum absolute atomic E-state index is 1.03. The van der Waals surface area contributed by atoms with Gasteiger partial charge < -0.3 is 0 Å². The molecule has 0 aromatic carbocycles. The summed E-state index contributed by atoms with van der Waals surface area (Å²) in [6.45, 7) is 2.83. The van der Waals surface area contributed by atoms with Crippen LogP contribution in [-0.4, -0.2) is 24.0 Å². The Hall–Kier alpha value is -0.0400. The Morgan fingerprint density at radius 2 is 1.33 bits per heavy atom. The van der Waals surface area contributed by atoms with Gasteiger partial charge in [0.2, 0.25) is 0 Å². The average Bonchev–Trinajstić information content (AvgIpc) is 2.52. The van der Waals surface area contributed by atoms with E-state index in [1.807, 2.05) is 0 Å². The second-order valence-electron chi connectivity index (χ2n) is 4.91. The standard InChI is InChI=1S/C11H19N/c1-3-9-5-6-10-4-2-8-12(7-1)11(9)10/h9-11H,1-8H2/t9-,10+,11?. The van der Waals surface area contributed by atoms with E-state index in [0.717, 1.165) is 17.9 Å². The molecule has 3 aliphatic rings. The van der Waals surface area contributed by atoms with E-state index in [2.05, 4.69) is 4.90 Å². The third kappa shape index (κ3) is 0.953. The van der Waals surface area contributed by atoms with Crippen molar-refractivity contribution in [3.8, 4) is 0 Å². The molecule has 3 atom stereocenters. The van der Waals surface area contributed by atoms with Crippen molar-refractivity contribution in [2.24, 2.45) is 11.8 Å². The summed E-state index contributed by atoms with van der Waals surface area (Å²) in [5.74, 6) is 2.20. The summed E-state index contributed by atoms with van der Waals surface area (Å²) >= 11 is 0. The Morgan fingerprint density at radius 1 is 0.750 bits per heavy atom. The van der Waals surface area contributed by atoms with E-state index >= 15 is 0 Å². The summed E-state index contributed by atoms with van der Waals surface area (Å²) < 4.78 is 0. The molecule has 0 N–H and O–H groups in total. The second-order valence-corrected chi connectivity index (χ2v) is 4.91. The predicted molar refractivity (Wildman–Crippen MR) is 50.0 cm³/mol. The highest BCUT2D eigenvalue weighted by Gasteiger charge is 2.43. The molecule has 1 aliphatic carbocycles. The van der Waals surface area contributed by atoms with E-state index in [9.17, 15) is 0 Å². The van der Waals surface area contributed by atoms with Gasteiger partial charge in [0.05, 0.1) is 0 Å². The van der Waals surface area contributed by atoms with Crippen LogP contribution in [0.4, 0.5) is 0 Å². The summed E-state index contributed by atoms with van der Waals surface area (Å²) in [4.78, 5) is 2.80. The average molecular weight is 165 g/mol. The Bertz CT molecular complexity index is 160. The molecular weight excluding hydrogens is 146 g/mol. The fraction of sp³-hybridized carbons (Fsp3) is 1.00. The minimum atomic E-state index is 1.03. The third-order valence-corrected chi connectivity index (χ3v) is 4.34. The Labute approximate surface area is 75.1 Å². The fourth-order valence-corrected chi connectivity index (χ4v) is 3.90. The summed E-state index contributed by atoms with van der Waals surface area (Å²) in [5.41, 5.74) is 0. The first-order chi connectivity index (χ1) is 5.95. The van der Waals surface area contributed by atoms with Crippen LogP contribution >= 0.6 is 0 Å². The number of rotatable bonds is 0. The molecule has 0 aromatic rings. The van der Waals surface area contributed by atoms with Crippen LogP contribution in [0.3, 0.4) is 0 Å². The molecule has 1 heteroatoms. The zero-order chi connectivity index (χ0) is 7.97. The highest BCUT2D eigenvalue weighted by Crippen LogP contribution is 2.44. The monoisotopic (exact) mass is 165 g/mol. The molecule has 1 unspecified atom stereocenters. The first-order valence-corrected chi connectivity index (χ1v) is 5.69. The summed E-state index contributed by atoms with van der Waals surface area (Å²) in [5, 5.41) is 0. The molecule has 3 rings (SSSR count). The molecule has 1 saturated carbocycles. The van der Waals surface area contributed by atoms with Gasteiger partial charge in [-0.3, -0.25) is 4.90 Å². The van der Waals surface area contributed by atoms with E-state index in [-0.39, 0.29) is 0 Å². The van der Waals surface area contributed by atoms with Crippen molar-refractivity contribution in [1.82, 2.24) is 4.90 Å². The predicted octanol–water partition coefficient (Wildman–Crippen LogP) is 2.27. The zero-order valence-electron chi connectivity index (χ0n) is 7.84. The van der Waals surface area contributed by atoms with E-state index in [0.29, 0.717) is 0 Å². The Balaban J connectivity index is 1.84. The van der Waals surface area contributed by atoms with Crippen LogP contribution in [0.15, 0.2) is 0 Å². The molecular formula is C11H19N. The first-order valence-electron chi connectivity index (χ1n) is 5.69. The highest BCUT2D eigenvalue weighted by molar-refractivity contribution is 4.96. The third-order valence-electron chi connectivity index (χ3n) is 4.34. The van der Waals surface area contributed by atoms with Gasteiger partial charge in [-0.25, -0.2) is 0 Å². The van der Waals surface area contributed by atoms with Crippen LogP contribution in [0.5, 0.6) is 0 Å². The summed E-state index contributed by atoms with van der Waals surface area (Å²) in [6, 6.07) is 1.03. The summed E-state index contributed by atoms with van der Waals surface area (Å²) in [6.07, 6.45) is 9.13. The van der Waals surface area contributed by atoms with Crippen molar-refractivity contribution in [2.75, 3.05) is 13.1 Å². The van der Waals surface area contributed by atoms with Gasteiger partial charge >= 0.3 is 0 Å². The fourth-order valence-electron chi connectivity index (χ4n) is 3.90. The number of hydrogen-bond donors (Lipinski definition) is 0. The molecule has 68 valence electrons. The lowest BCUT2D eigenvalue weighted by atomic mass is 9.83. The van der Waals surface area contributed by atoms with Crippen molar-refractivity contribution in [3.05, 3.63) is 0 Å². The van der Waals surface area contributed by atoms with Gasteiger partial charge in [-0.15, -0.1) is 0 Å². The van der Waals surface area contributed by atoms with Crippen LogP contribution in [0.25, 0.3) is 0 Å². The molecule has 0 spiro atoms. The van der Waals surface area contributed by atoms with Crippen molar-refractivity contribution >= 4 is 0 Å². The lowest BCUT2D eigenvalue weighted by molar-refractivity contribution is 0.0521. The van der Waals surface area contributed by atoms with E-state index in [1.54, 1.807) is 12.8 Å². The highest BCUT2D eigenvalue weighted by atomic mass is 15.2. The number of piperidine rings is 2. The van der Waals surface area contributed by atoms with Crippen LogP contribution < -0.4 is 0 Å². The van der Waals surface area contributed by atoms with Crippen LogP contribution in [0.1, 0.15) is 38.5 Å². The quantitative estimate of drug-likeness (QED) is 0.532. The molecule has 2 aliphatic heterocycles. The largest absolute Gasteiger partial charge is 0.300 e. The Morgan fingerprint density at radius 3 is 1.92 bits per heavy atom. The van der Waals surface area contributed by atoms with E-state index in [1.165, 1.54) is 38.8 Å². The van der Waals surface area contributed by atoms with Crippen molar-refractivity contribution < 1.29 is 0 Å².